The van der Waals surface area contributed by atoms with E-state index in [0.717, 1.165) is 12.2 Å². The highest BCUT2D eigenvalue weighted by Crippen LogP contribution is 2.29. The molecule has 0 spiro atoms. The summed E-state index contributed by atoms with van der Waals surface area (Å²) in [5, 5.41) is 6.81. The fraction of sp³-hybridized carbons (Fsp3) is 0.250. The van der Waals surface area contributed by atoms with E-state index >= 15 is 0 Å². The summed E-state index contributed by atoms with van der Waals surface area (Å²) in [5.41, 5.74) is 2.21. The zero-order chi connectivity index (χ0) is 8.84. The third-order valence-electron chi connectivity index (χ3n) is 2.19. The Labute approximate surface area is 91.0 Å². The minimum Gasteiger partial charge on any atom is -0.329 e. The van der Waals surface area contributed by atoms with E-state index in [1.807, 2.05) is 10.3 Å². The molecule has 0 unspecified atom stereocenters. The topological polar surface area (TPSA) is 44.7 Å². The number of carbonyl (C=O) groups is 1. The first kappa shape index (κ1) is 9.48. The van der Waals surface area contributed by atoms with Crippen molar-refractivity contribution in [3.63, 3.8) is 0 Å². The SMILES string of the molecule is Cl.O=C1CN2Cc3cscc3N=C2N1. The van der Waals surface area contributed by atoms with E-state index in [-0.39, 0.29) is 18.3 Å². The molecule has 1 N–H and O–H groups in total. The van der Waals surface area contributed by atoms with Crippen LogP contribution in [0.1, 0.15) is 5.56 Å². The number of hydrogen-bond acceptors (Lipinski definition) is 4. The van der Waals surface area contributed by atoms with Gasteiger partial charge in [-0.3, -0.25) is 10.1 Å². The molecule has 1 aromatic heterocycles. The van der Waals surface area contributed by atoms with Gasteiger partial charge in [0, 0.05) is 17.5 Å². The van der Waals surface area contributed by atoms with Gasteiger partial charge in [-0.05, 0) is 5.38 Å². The molecule has 1 fully saturated rings. The molecule has 74 valence electrons. The third-order valence-corrected chi connectivity index (χ3v) is 2.97. The predicted molar refractivity (Wildman–Crippen MR) is 57.2 cm³/mol. The predicted octanol–water partition coefficient (Wildman–Crippen LogP) is 1.10. The fourth-order valence-corrected chi connectivity index (χ4v) is 2.33. The van der Waals surface area contributed by atoms with E-state index in [9.17, 15) is 4.79 Å². The molecule has 3 heterocycles. The lowest BCUT2D eigenvalue weighted by Crippen LogP contribution is -2.31. The van der Waals surface area contributed by atoms with Crippen LogP contribution < -0.4 is 5.32 Å². The summed E-state index contributed by atoms with van der Waals surface area (Å²) in [7, 11) is 0. The summed E-state index contributed by atoms with van der Waals surface area (Å²) >= 11 is 1.65. The Kier molecular flexibility index (Phi) is 2.20. The molecule has 0 saturated carbocycles. The first-order chi connectivity index (χ1) is 6.33. The molecule has 3 rings (SSSR count). The van der Waals surface area contributed by atoms with Crippen molar-refractivity contribution < 1.29 is 4.79 Å². The molecular formula is C8H8ClN3OS. The van der Waals surface area contributed by atoms with Gasteiger partial charge >= 0.3 is 0 Å². The van der Waals surface area contributed by atoms with Gasteiger partial charge in [0.1, 0.15) is 6.54 Å². The maximum atomic E-state index is 11.1. The number of nitrogens with zero attached hydrogens (tertiary/aromatic N) is 2. The normalized spacial score (nSPS) is 17.9. The molecule has 0 radical (unpaired) electrons. The van der Waals surface area contributed by atoms with Crippen LogP contribution in [0.25, 0.3) is 0 Å². The lowest BCUT2D eigenvalue weighted by Gasteiger charge is -2.20. The highest BCUT2D eigenvalue weighted by molar-refractivity contribution is 7.08. The van der Waals surface area contributed by atoms with Crippen molar-refractivity contribution in [2.75, 3.05) is 6.54 Å². The number of amides is 1. The first-order valence-electron chi connectivity index (χ1n) is 4.01. The second kappa shape index (κ2) is 3.25. The number of guanidine groups is 1. The van der Waals surface area contributed by atoms with Crippen molar-refractivity contribution in [2.24, 2.45) is 4.99 Å². The van der Waals surface area contributed by atoms with Crippen molar-refractivity contribution in [1.29, 1.82) is 0 Å². The number of rotatable bonds is 0. The van der Waals surface area contributed by atoms with E-state index in [4.69, 9.17) is 0 Å². The molecule has 0 aliphatic carbocycles. The summed E-state index contributed by atoms with van der Waals surface area (Å²) in [4.78, 5) is 17.3. The van der Waals surface area contributed by atoms with Gasteiger partial charge in [-0.15, -0.1) is 23.7 Å². The van der Waals surface area contributed by atoms with Crippen molar-refractivity contribution in [1.82, 2.24) is 10.2 Å². The van der Waals surface area contributed by atoms with Gasteiger partial charge < -0.3 is 4.90 Å². The Bertz CT molecular complexity index is 414. The van der Waals surface area contributed by atoms with Crippen molar-refractivity contribution in [3.05, 3.63) is 16.3 Å². The maximum Gasteiger partial charge on any atom is 0.246 e. The highest BCUT2D eigenvalue weighted by atomic mass is 35.5. The molecule has 0 aromatic carbocycles. The summed E-state index contributed by atoms with van der Waals surface area (Å²) in [5.74, 6) is 0.739. The zero-order valence-corrected chi connectivity index (χ0v) is 8.82. The van der Waals surface area contributed by atoms with E-state index < -0.39 is 0 Å². The molecule has 1 amide bonds. The van der Waals surface area contributed by atoms with Crippen LogP contribution in [-0.4, -0.2) is 23.3 Å². The molecule has 4 nitrogen and oxygen atoms in total. The van der Waals surface area contributed by atoms with Crippen molar-refractivity contribution in [3.8, 4) is 0 Å². The van der Waals surface area contributed by atoms with E-state index in [2.05, 4.69) is 15.7 Å². The van der Waals surface area contributed by atoms with Crippen LogP contribution in [0, 0.1) is 0 Å². The fourth-order valence-electron chi connectivity index (χ4n) is 1.57. The van der Waals surface area contributed by atoms with Crippen LogP contribution in [0.3, 0.4) is 0 Å². The standard InChI is InChI=1S/C8H7N3OS.ClH/c12-7-2-11-1-5-3-13-4-6(5)9-8(11)10-7;/h3-4H,1-2H2,(H,9,10,12);1H. The zero-order valence-electron chi connectivity index (χ0n) is 7.19. The van der Waals surface area contributed by atoms with Gasteiger partial charge in [0.2, 0.25) is 11.9 Å². The summed E-state index contributed by atoms with van der Waals surface area (Å²) in [6.45, 7) is 1.24. The Morgan fingerprint density at radius 2 is 2.29 bits per heavy atom. The van der Waals surface area contributed by atoms with Crippen LogP contribution in [0.2, 0.25) is 0 Å². The summed E-state index contributed by atoms with van der Waals surface area (Å²) < 4.78 is 0. The Balaban J connectivity index is 0.000000750. The van der Waals surface area contributed by atoms with Crippen molar-refractivity contribution >= 4 is 41.3 Å². The van der Waals surface area contributed by atoms with E-state index in [1.165, 1.54) is 5.56 Å². The Hall–Kier alpha value is -1.07. The smallest absolute Gasteiger partial charge is 0.246 e. The Morgan fingerprint density at radius 3 is 3.14 bits per heavy atom. The molecule has 2 aliphatic heterocycles. The molecule has 2 aliphatic rings. The number of halogens is 1. The number of nitrogens with one attached hydrogen (secondary N) is 1. The number of hydrogen-bond donors (Lipinski definition) is 1. The van der Waals surface area contributed by atoms with Gasteiger partial charge in [-0.2, -0.15) is 0 Å². The van der Waals surface area contributed by atoms with E-state index in [1.54, 1.807) is 11.3 Å². The summed E-state index contributed by atoms with van der Waals surface area (Å²) in [6.07, 6.45) is 0. The minimum absolute atomic E-state index is 0. The minimum atomic E-state index is 0. The van der Waals surface area contributed by atoms with Gasteiger partial charge in [0.15, 0.2) is 0 Å². The van der Waals surface area contributed by atoms with Gasteiger partial charge in [0.25, 0.3) is 0 Å². The van der Waals surface area contributed by atoms with Gasteiger partial charge in [-0.25, -0.2) is 4.99 Å². The van der Waals surface area contributed by atoms with E-state index in [0.29, 0.717) is 12.5 Å². The first-order valence-corrected chi connectivity index (χ1v) is 4.96. The number of fused-ring (bicyclic) bond motifs is 2. The summed E-state index contributed by atoms with van der Waals surface area (Å²) in [6, 6.07) is 0. The average molecular weight is 230 g/mol. The lowest BCUT2D eigenvalue weighted by atomic mass is 10.2. The molecule has 6 heteroatoms. The van der Waals surface area contributed by atoms with Crippen LogP contribution >= 0.6 is 23.7 Å². The molecule has 0 bridgehead atoms. The highest BCUT2D eigenvalue weighted by Gasteiger charge is 2.28. The van der Waals surface area contributed by atoms with Crippen LogP contribution in [0.5, 0.6) is 0 Å². The van der Waals surface area contributed by atoms with Crippen LogP contribution in [0.4, 0.5) is 5.69 Å². The second-order valence-corrected chi connectivity index (χ2v) is 3.87. The molecule has 14 heavy (non-hydrogen) atoms. The van der Waals surface area contributed by atoms with Gasteiger partial charge in [0.05, 0.1) is 5.69 Å². The molecular weight excluding hydrogens is 222 g/mol. The van der Waals surface area contributed by atoms with Crippen LogP contribution in [-0.2, 0) is 11.3 Å². The average Bonchev–Trinajstić information content (AvgIpc) is 2.63. The number of carbonyl (C=O) groups excluding carboxylic acids is 1. The number of thiophene rings is 1. The Morgan fingerprint density at radius 1 is 1.43 bits per heavy atom. The van der Waals surface area contributed by atoms with Gasteiger partial charge in [-0.1, -0.05) is 0 Å². The second-order valence-electron chi connectivity index (χ2n) is 3.12. The number of aliphatic imine (C=N–C) groups is 1. The molecule has 1 saturated heterocycles. The lowest BCUT2D eigenvalue weighted by molar-refractivity contribution is -0.118. The quantitative estimate of drug-likeness (QED) is 0.724. The largest absolute Gasteiger partial charge is 0.329 e. The maximum absolute atomic E-state index is 11.1. The third kappa shape index (κ3) is 1.29. The molecule has 1 aromatic rings. The van der Waals surface area contributed by atoms with Crippen LogP contribution in [0.15, 0.2) is 15.8 Å². The molecule has 0 atom stereocenters. The van der Waals surface area contributed by atoms with Crippen molar-refractivity contribution in [2.45, 2.75) is 6.54 Å². The monoisotopic (exact) mass is 229 g/mol.